The predicted molar refractivity (Wildman–Crippen MR) is 111 cm³/mol. The van der Waals surface area contributed by atoms with Gasteiger partial charge in [0.15, 0.2) is 5.15 Å². The van der Waals surface area contributed by atoms with Crippen LogP contribution in [0.4, 0.5) is 5.69 Å². The molecule has 0 fully saturated rings. The van der Waals surface area contributed by atoms with Gasteiger partial charge in [-0.05, 0) is 24.3 Å². The van der Waals surface area contributed by atoms with Crippen LogP contribution >= 0.6 is 11.6 Å². The Morgan fingerprint density at radius 1 is 1.07 bits per heavy atom. The lowest BCUT2D eigenvalue weighted by molar-refractivity contribution is 0.0954. The van der Waals surface area contributed by atoms with Gasteiger partial charge in [0.2, 0.25) is 0 Å². The van der Waals surface area contributed by atoms with Crippen molar-refractivity contribution >= 4 is 33.2 Å². The third kappa shape index (κ3) is 5.08. The zero-order valence-electron chi connectivity index (χ0n) is 15.2. The summed E-state index contributed by atoms with van der Waals surface area (Å²) in [4.78, 5) is 20.3. The van der Waals surface area contributed by atoms with E-state index >= 15 is 0 Å². The summed E-state index contributed by atoms with van der Waals surface area (Å²) in [6.07, 6.45) is 4.44. The van der Waals surface area contributed by atoms with Gasteiger partial charge in [-0.2, -0.15) is 0 Å². The van der Waals surface area contributed by atoms with E-state index < -0.39 is 10.0 Å². The van der Waals surface area contributed by atoms with Gasteiger partial charge in [0.1, 0.15) is 0 Å². The molecule has 0 aliphatic rings. The number of anilines is 1. The van der Waals surface area contributed by atoms with Crippen LogP contribution in [0.3, 0.4) is 0 Å². The second-order valence-corrected chi connectivity index (χ2v) is 8.03. The standard InChI is InChI=1S/C19H18ClN5O3S/c20-18-17(25-29(27,28)16-4-2-1-3-5-16)9-14(12-24-18)13-8-15(11-22-10-13)19(26)23-7-6-21/h1-5,8-12,25H,6-7,21H2,(H,23,26). The van der Waals surface area contributed by atoms with E-state index in [2.05, 4.69) is 20.0 Å². The molecule has 0 unspecified atom stereocenters. The Balaban J connectivity index is 1.91. The summed E-state index contributed by atoms with van der Waals surface area (Å²) in [5.74, 6) is -0.309. The number of amides is 1. The normalized spacial score (nSPS) is 11.1. The van der Waals surface area contributed by atoms with Crippen molar-refractivity contribution in [2.24, 2.45) is 5.73 Å². The van der Waals surface area contributed by atoms with Crippen molar-refractivity contribution in [3.8, 4) is 11.1 Å². The maximum absolute atomic E-state index is 12.6. The molecular weight excluding hydrogens is 414 g/mol. The average molecular weight is 432 g/mol. The minimum absolute atomic E-state index is 0.00180. The number of aromatic nitrogens is 2. The lowest BCUT2D eigenvalue weighted by Crippen LogP contribution is -2.29. The molecular formula is C19H18ClN5O3S. The van der Waals surface area contributed by atoms with E-state index in [1.165, 1.54) is 30.6 Å². The van der Waals surface area contributed by atoms with E-state index in [0.717, 1.165) is 0 Å². The number of nitrogens with one attached hydrogen (secondary N) is 2. The first-order chi connectivity index (χ1) is 13.9. The molecule has 0 radical (unpaired) electrons. The molecule has 10 heteroatoms. The molecule has 8 nitrogen and oxygen atoms in total. The van der Waals surface area contributed by atoms with Crippen LogP contribution in [0.1, 0.15) is 10.4 Å². The first-order valence-electron chi connectivity index (χ1n) is 8.58. The predicted octanol–water partition coefficient (Wildman–Crippen LogP) is 2.29. The number of rotatable bonds is 7. The number of halogens is 1. The third-order valence-corrected chi connectivity index (χ3v) is 5.58. The van der Waals surface area contributed by atoms with Gasteiger partial charge in [0.05, 0.1) is 16.1 Å². The quantitative estimate of drug-likeness (QED) is 0.492. The molecule has 0 spiro atoms. The molecule has 0 atom stereocenters. The summed E-state index contributed by atoms with van der Waals surface area (Å²) >= 11 is 6.09. The van der Waals surface area contributed by atoms with Crippen LogP contribution in [-0.2, 0) is 10.0 Å². The van der Waals surface area contributed by atoms with Gasteiger partial charge >= 0.3 is 0 Å². The fourth-order valence-corrected chi connectivity index (χ4v) is 3.78. The van der Waals surface area contributed by atoms with Crippen LogP contribution in [0.25, 0.3) is 11.1 Å². The highest BCUT2D eigenvalue weighted by atomic mass is 35.5. The monoisotopic (exact) mass is 431 g/mol. The minimum Gasteiger partial charge on any atom is -0.351 e. The topological polar surface area (TPSA) is 127 Å². The fraction of sp³-hybridized carbons (Fsp3) is 0.105. The molecule has 0 saturated carbocycles. The summed E-state index contributed by atoms with van der Waals surface area (Å²) in [5.41, 5.74) is 6.97. The number of nitrogens with two attached hydrogens (primary N) is 1. The first-order valence-corrected chi connectivity index (χ1v) is 10.4. The maximum Gasteiger partial charge on any atom is 0.261 e. The Hall–Kier alpha value is -3.01. The van der Waals surface area contributed by atoms with E-state index in [4.69, 9.17) is 17.3 Å². The number of nitrogens with zero attached hydrogens (tertiary/aromatic N) is 2. The lowest BCUT2D eigenvalue weighted by Gasteiger charge is -2.11. The van der Waals surface area contributed by atoms with Gasteiger partial charge in [-0.1, -0.05) is 29.8 Å². The van der Waals surface area contributed by atoms with Crippen LogP contribution in [0.2, 0.25) is 5.15 Å². The van der Waals surface area contributed by atoms with Crippen molar-refractivity contribution in [3.63, 3.8) is 0 Å². The van der Waals surface area contributed by atoms with E-state index in [1.54, 1.807) is 30.5 Å². The number of sulfonamides is 1. The van der Waals surface area contributed by atoms with E-state index in [9.17, 15) is 13.2 Å². The summed E-state index contributed by atoms with van der Waals surface area (Å²) in [6.45, 7) is 0.669. The first kappa shape index (κ1) is 20.7. The van der Waals surface area contributed by atoms with Crippen molar-refractivity contribution in [1.29, 1.82) is 0 Å². The number of carbonyl (C=O) groups is 1. The SMILES string of the molecule is NCCNC(=O)c1cncc(-c2cnc(Cl)c(NS(=O)(=O)c3ccccc3)c2)c1. The molecule has 29 heavy (non-hydrogen) atoms. The highest BCUT2D eigenvalue weighted by Gasteiger charge is 2.17. The van der Waals surface area contributed by atoms with Gasteiger partial charge in [0.25, 0.3) is 15.9 Å². The van der Waals surface area contributed by atoms with Crippen molar-refractivity contribution in [2.75, 3.05) is 17.8 Å². The molecule has 2 aromatic heterocycles. The molecule has 3 aromatic rings. The zero-order chi connectivity index (χ0) is 20.9. The second kappa shape index (κ2) is 8.99. The molecule has 0 bridgehead atoms. The Morgan fingerprint density at radius 3 is 2.52 bits per heavy atom. The lowest BCUT2D eigenvalue weighted by atomic mass is 10.1. The Kier molecular flexibility index (Phi) is 6.42. The highest BCUT2D eigenvalue weighted by molar-refractivity contribution is 7.92. The smallest absolute Gasteiger partial charge is 0.261 e. The molecule has 0 saturated heterocycles. The Morgan fingerprint density at radius 2 is 1.79 bits per heavy atom. The maximum atomic E-state index is 12.6. The molecule has 4 N–H and O–H groups in total. The van der Waals surface area contributed by atoms with E-state index in [1.807, 2.05) is 0 Å². The summed E-state index contributed by atoms with van der Waals surface area (Å²) < 4.78 is 27.6. The largest absolute Gasteiger partial charge is 0.351 e. The molecule has 2 heterocycles. The van der Waals surface area contributed by atoms with Crippen molar-refractivity contribution in [3.05, 3.63) is 71.8 Å². The summed E-state index contributed by atoms with van der Waals surface area (Å²) in [5, 5.41) is 2.66. The second-order valence-electron chi connectivity index (χ2n) is 5.99. The number of hydrogen-bond donors (Lipinski definition) is 3. The number of carbonyl (C=O) groups excluding carboxylic acids is 1. The summed E-state index contributed by atoms with van der Waals surface area (Å²) in [7, 11) is -3.83. The van der Waals surface area contributed by atoms with Gasteiger partial charge in [-0.15, -0.1) is 0 Å². The minimum atomic E-state index is -3.83. The highest BCUT2D eigenvalue weighted by Crippen LogP contribution is 2.28. The average Bonchev–Trinajstić information content (AvgIpc) is 2.74. The zero-order valence-corrected chi connectivity index (χ0v) is 16.7. The van der Waals surface area contributed by atoms with Gasteiger partial charge in [-0.3, -0.25) is 14.5 Å². The van der Waals surface area contributed by atoms with Crippen LogP contribution in [0.15, 0.2) is 66.0 Å². The summed E-state index contributed by atoms with van der Waals surface area (Å²) in [6, 6.07) is 11.1. The van der Waals surface area contributed by atoms with Crippen molar-refractivity contribution in [2.45, 2.75) is 4.90 Å². The van der Waals surface area contributed by atoms with Gasteiger partial charge in [-0.25, -0.2) is 13.4 Å². The van der Waals surface area contributed by atoms with E-state index in [-0.39, 0.29) is 21.6 Å². The van der Waals surface area contributed by atoms with Crippen molar-refractivity contribution < 1.29 is 13.2 Å². The number of hydrogen-bond acceptors (Lipinski definition) is 6. The molecule has 0 aliphatic carbocycles. The molecule has 0 aliphatic heterocycles. The molecule has 1 aromatic carbocycles. The number of pyridine rings is 2. The Bertz CT molecular complexity index is 1120. The fourth-order valence-electron chi connectivity index (χ4n) is 2.49. The van der Waals surface area contributed by atoms with Crippen LogP contribution in [0.5, 0.6) is 0 Å². The van der Waals surface area contributed by atoms with E-state index in [0.29, 0.717) is 29.8 Å². The molecule has 1 amide bonds. The third-order valence-electron chi connectivity index (χ3n) is 3.90. The molecule has 3 rings (SSSR count). The van der Waals surface area contributed by atoms with Crippen LogP contribution < -0.4 is 15.8 Å². The van der Waals surface area contributed by atoms with Gasteiger partial charge in [0, 0.05) is 42.8 Å². The number of benzene rings is 1. The molecule has 150 valence electrons. The van der Waals surface area contributed by atoms with Crippen LogP contribution in [-0.4, -0.2) is 37.4 Å². The van der Waals surface area contributed by atoms with Crippen LogP contribution in [0, 0.1) is 0 Å². The Labute approximate surface area is 173 Å². The van der Waals surface area contributed by atoms with Gasteiger partial charge < -0.3 is 11.1 Å². The van der Waals surface area contributed by atoms with Crippen molar-refractivity contribution in [1.82, 2.24) is 15.3 Å².